The zero-order valence-corrected chi connectivity index (χ0v) is 15.2. The summed E-state index contributed by atoms with van der Waals surface area (Å²) in [4.78, 5) is 21.0. The van der Waals surface area contributed by atoms with Gasteiger partial charge in [-0.1, -0.05) is 41.9 Å². The van der Waals surface area contributed by atoms with Gasteiger partial charge in [-0.15, -0.1) is 0 Å². The lowest BCUT2D eigenvalue weighted by Gasteiger charge is -2.14. The fourth-order valence-corrected chi connectivity index (χ4v) is 3.36. The maximum absolute atomic E-state index is 12.3. The zero-order chi connectivity index (χ0) is 19.0. The van der Waals surface area contributed by atoms with Crippen LogP contribution in [0.4, 0.5) is 0 Å². The van der Waals surface area contributed by atoms with Crippen LogP contribution < -0.4 is 0 Å². The van der Waals surface area contributed by atoms with Crippen molar-refractivity contribution in [3.05, 3.63) is 65.6 Å². The number of aromatic nitrogens is 4. The topological polar surface area (TPSA) is 80.9 Å². The number of pyridine rings is 2. The molecule has 4 aromatic rings. The van der Waals surface area contributed by atoms with Gasteiger partial charge in [-0.3, -0.25) is 0 Å². The highest BCUT2D eigenvalue weighted by Gasteiger charge is 2.25. The average Bonchev–Trinajstić information content (AvgIpc) is 3.09. The van der Waals surface area contributed by atoms with Gasteiger partial charge in [0.2, 0.25) is 0 Å². The van der Waals surface area contributed by atoms with Crippen molar-refractivity contribution in [1.82, 2.24) is 19.7 Å². The molecule has 6 nitrogen and oxygen atoms in total. The first-order valence-corrected chi connectivity index (χ1v) is 8.78. The van der Waals surface area contributed by atoms with Crippen LogP contribution in [0.2, 0.25) is 5.15 Å². The molecule has 1 N–H and O–H groups in total. The van der Waals surface area contributed by atoms with E-state index in [1.807, 2.05) is 37.3 Å². The minimum atomic E-state index is -1.06. The molecule has 134 valence electrons. The van der Waals surface area contributed by atoms with Crippen molar-refractivity contribution in [3.8, 4) is 22.4 Å². The first-order valence-electron chi connectivity index (χ1n) is 8.40. The number of carboxylic acids is 1. The molecule has 0 radical (unpaired) electrons. The molecule has 3 heterocycles. The van der Waals surface area contributed by atoms with E-state index in [4.69, 9.17) is 11.6 Å². The summed E-state index contributed by atoms with van der Waals surface area (Å²) in [6, 6.07) is 12.7. The molecule has 0 bridgehead atoms. The van der Waals surface area contributed by atoms with Gasteiger partial charge < -0.3 is 5.11 Å². The Morgan fingerprint density at radius 2 is 1.96 bits per heavy atom. The van der Waals surface area contributed by atoms with E-state index in [0.29, 0.717) is 34.4 Å². The van der Waals surface area contributed by atoms with E-state index >= 15 is 0 Å². The number of benzene rings is 1. The Hall–Kier alpha value is -3.25. The Morgan fingerprint density at radius 3 is 2.63 bits per heavy atom. The van der Waals surface area contributed by atoms with Gasteiger partial charge in [0.25, 0.3) is 0 Å². The van der Waals surface area contributed by atoms with Gasteiger partial charge in [0.15, 0.2) is 5.65 Å². The normalized spacial score (nSPS) is 11.0. The van der Waals surface area contributed by atoms with E-state index in [0.717, 1.165) is 5.56 Å². The monoisotopic (exact) mass is 378 g/mol. The van der Waals surface area contributed by atoms with Crippen LogP contribution in [0.3, 0.4) is 0 Å². The predicted octanol–water partition coefficient (Wildman–Crippen LogP) is 4.53. The lowest BCUT2D eigenvalue weighted by atomic mass is 9.94. The molecule has 0 saturated carbocycles. The highest BCUT2D eigenvalue weighted by molar-refractivity contribution is 6.29. The zero-order valence-electron chi connectivity index (χ0n) is 14.4. The summed E-state index contributed by atoms with van der Waals surface area (Å²) < 4.78 is 1.75. The lowest BCUT2D eigenvalue weighted by Crippen LogP contribution is -2.07. The van der Waals surface area contributed by atoms with Gasteiger partial charge in [0.05, 0.1) is 17.5 Å². The minimum Gasteiger partial charge on any atom is -0.478 e. The number of carboxylic acid groups (broad SMARTS) is 1. The predicted molar refractivity (Wildman–Crippen MR) is 104 cm³/mol. The van der Waals surface area contributed by atoms with Crippen LogP contribution in [0.5, 0.6) is 0 Å². The maximum Gasteiger partial charge on any atom is 0.338 e. The number of carbonyl (C=O) groups is 1. The van der Waals surface area contributed by atoms with Crippen molar-refractivity contribution in [2.24, 2.45) is 0 Å². The second-order valence-electron chi connectivity index (χ2n) is 5.95. The molecule has 0 aliphatic rings. The van der Waals surface area contributed by atoms with E-state index in [1.165, 1.54) is 0 Å². The van der Waals surface area contributed by atoms with E-state index < -0.39 is 5.97 Å². The molecule has 0 aliphatic carbocycles. The first kappa shape index (κ1) is 17.2. The molecule has 1 aromatic carbocycles. The van der Waals surface area contributed by atoms with Crippen molar-refractivity contribution >= 4 is 28.6 Å². The highest BCUT2D eigenvalue weighted by atomic mass is 35.5. The Labute approximate surface area is 160 Å². The average molecular weight is 379 g/mol. The largest absolute Gasteiger partial charge is 0.478 e. The van der Waals surface area contributed by atoms with Crippen LogP contribution in [0.15, 0.2) is 54.9 Å². The Morgan fingerprint density at radius 1 is 1.19 bits per heavy atom. The minimum absolute atomic E-state index is 0.117. The fourth-order valence-electron chi connectivity index (χ4n) is 3.19. The third-order valence-electron chi connectivity index (χ3n) is 4.36. The van der Waals surface area contributed by atoms with E-state index in [2.05, 4.69) is 15.1 Å². The fraction of sp³-hybridized carbons (Fsp3) is 0.100. The number of aryl methyl sites for hydroxylation is 1. The van der Waals surface area contributed by atoms with Gasteiger partial charge in [-0.2, -0.15) is 5.10 Å². The van der Waals surface area contributed by atoms with Crippen LogP contribution in [-0.2, 0) is 6.54 Å². The number of hydrogen-bond donors (Lipinski definition) is 1. The second kappa shape index (κ2) is 6.81. The van der Waals surface area contributed by atoms with Crippen LogP contribution in [0.25, 0.3) is 33.4 Å². The van der Waals surface area contributed by atoms with Gasteiger partial charge in [-0.25, -0.2) is 19.4 Å². The van der Waals surface area contributed by atoms with Crippen molar-refractivity contribution in [1.29, 1.82) is 0 Å². The number of halogens is 1. The summed E-state index contributed by atoms with van der Waals surface area (Å²) in [5.74, 6) is -1.06. The first-order chi connectivity index (χ1) is 13.1. The van der Waals surface area contributed by atoms with Crippen LogP contribution >= 0.6 is 11.6 Å². The molecule has 27 heavy (non-hydrogen) atoms. The van der Waals surface area contributed by atoms with Gasteiger partial charge in [-0.05, 0) is 24.6 Å². The van der Waals surface area contributed by atoms with Crippen LogP contribution in [0.1, 0.15) is 17.3 Å². The molecule has 0 atom stereocenters. The van der Waals surface area contributed by atoms with Crippen molar-refractivity contribution in [2.45, 2.75) is 13.5 Å². The van der Waals surface area contributed by atoms with E-state index in [9.17, 15) is 9.90 Å². The van der Waals surface area contributed by atoms with Crippen molar-refractivity contribution in [2.75, 3.05) is 0 Å². The number of aromatic carboxylic acids is 1. The molecule has 0 saturated heterocycles. The molecule has 3 aromatic heterocycles. The van der Waals surface area contributed by atoms with Crippen molar-refractivity contribution in [3.63, 3.8) is 0 Å². The summed E-state index contributed by atoms with van der Waals surface area (Å²) in [6.45, 7) is 2.58. The molecule has 0 fully saturated rings. The van der Waals surface area contributed by atoms with Gasteiger partial charge >= 0.3 is 5.97 Å². The summed E-state index contributed by atoms with van der Waals surface area (Å²) in [5, 5.41) is 15.4. The standard InChI is InChI=1S/C20H15ClN4O2/c1-2-25-19-14(11-23-25)16(13-8-9-22-15(21)10-13)17(20(26)27)18(24-19)12-6-4-3-5-7-12/h3-11H,2H2,1H3,(H,26,27). The SMILES string of the molecule is CCn1ncc2c(-c3ccnc(Cl)c3)c(C(=O)O)c(-c3ccccc3)nc21. The molecule has 0 amide bonds. The summed E-state index contributed by atoms with van der Waals surface area (Å²) in [6.07, 6.45) is 3.21. The van der Waals surface area contributed by atoms with Crippen LogP contribution in [0, 0.1) is 0 Å². The quantitative estimate of drug-likeness (QED) is 0.527. The smallest absolute Gasteiger partial charge is 0.338 e. The highest BCUT2D eigenvalue weighted by Crippen LogP contribution is 2.37. The molecular formula is C20H15ClN4O2. The molecular weight excluding hydrogens is 364 g/mol. The number of hydrogen-bond acceptors (Lipinski definition) is 4. The Kier molecular flexibility index (Phi) is 4.33. The third kappa shape index (κ3) is 2.94. The lowest BCUT2D eigenvalue weighted by molar-refractivity contribution is 0.0698. The molecule has 0 aliphatic heterocycles. The van der Waals surface area contributed by atoms with Gasteiger partial charge in [0.1, 0.15) is 5.15 Å². The van der Waals surface area contributed by atoms with Gasteiger partial charge in [0, 0.05) is 29.3 Å². The molecule has 0 spiro atoms. The van der Waals surface area contributed by atoms with E-state index in [-0.39, 0.29) is 10.7 Å². The Balaban J connectivity index is 2.18. The van der Waals surface area contributed by atoms with Crippen LogP contribution in [-0.4, -0.2) is 30.8 Å². The summed E-state index contributed by atoms with van der Waals surface area (Å²) in [7, 11) is 0. The molecule has 0 unspecified atom stereocenters. The molecule has 4 rings (SSSR count). The van der Waals surface area contributed by atoms with Crippen molar-refractivity contribution < 1.29 is 9.90 Å². The second-order valence-corrected chi connectivity index (χ2v) is 6.33. The maximum atomic E-state index is 12.3. The third-order valence-corrected chi connectivity index (χ3v) is 4.57. The number of rotatable bonds is 4. The Bertz CT molecular complexity index is 1160. The molecule has 7 heteroatoms. The summed E-state index contributed by atoms with van der Waals surface area (Å²) >= 11 is 6.07. The number of nitrogens with zero attached hydrogens (tertiary/aromatic N) is 4. The number of fused-ring (bicyclic) bond motifs is 1. The van der Waals surface area contributed by atoms with E-state index in [1.54, 1.807) is 29.2 Å². The summed E-state index contributed by atoms with van der Waals surface area (Å²) in [5.41, 5.74) is 3.06.